The molecule has 0 saturated carbocycles. The Morgan fingerprint density at radius 2 is 1.66 bits per heavy atom. The van der Waals surface area contributed by atoms with Gasteiger partial charge in [0.2, 0.25) is 0 Å². The fourth-order valence-corrected chi connectivity index (χ4v) is 6.67. The molecule has 0 fully saturated rings. The molecule has 0 amide bonds. The first-order valence-electron chi connectivity index (χ1n) is 10.0. The Bertz CT molecular complexity index is 774. The number of halogens is 3. The van der Waals surface area contributed by atoms with Gasteiger partial charge >= 0.3 is 0 Å². The van der Waals surface area contributed by atoms with Crippen molar-refractivity contribution in [3.63, 3.8) is 0 Å². The number of hydrogen-bond donors (Lipinski definition) is 1. The average Bonchev–Trinajstić information content (AvgIpc) is 2.70. The summed E-state index contributed by atoms with van der Waals surface area (Å²) in [7, 11) is -0.333. The van der Waals surface area contributed by atoms with E-state index in [-0.39, 0.29) is 6.10 Å². The third-order valence-corrected chi connectivity index (χ3v) is 10.4. The molecule has 0 aliphatic carbocycles. The highest BCUT2D eigenvalue weighted by molar-refractivity contribution is 6.73. The molecule has 3 nitrogen and oxygen atoms in total. The molecule has 0 radical (unpaired) electrons. The molecule has 1 unspecified atom stereocenters. The lowest BCUT2D eigenvalue weighted by Gasteiger charge is -2.34. The topological polar surface area (TPSA) is 30.5 Å². The third-order valence-electron chi connectivity index (χ3n) is 5.46. The summed E-state index contributed by atoms with van der Waals surface area (Å²) in [5.41, 5.74) is 1.35. The van der Waals surface area contributed by atoms with E-state index >= 15 is 0 Å². The largest absolute Gasteiger partial charge is 0.496 e. The van der Waals surface area contributed by atoms with Gasteiger partial charge in [-0.2, -0.15) is 0 Å². The van der Waals surface area contributed by atoms with Crippen LogP contribution >= 0.6 is 11.6 Å². The summed E-state index contributed by atoms with van der Waals surface area (Å²) in [4.78, 5) is 0. The van der Waals surface area contributed by atoms with E-state index in [1.807, 2.05) is 18.2 Å². The van der Waals surface area contributed by atoms with Crippen molar-refractivity contribution in [2.75, 3.05) is 13.7 Å². The van der Waals surface area contributed by atoms with Crippen LogP contribution in [-0.2, 0) is 11.0 Å². The van der Waals surface area contributed by atoms with Crippen LogP contribution in [0.15, 0.2) is 36.4 Å². The van der Waals surface area contributed by atoms with Crippen LogP contribution in [-0.4, -0.2) is 22.0 Å². The molecule has 2 rings (SSSR count). The standard InChI is InChI=1S/C22H30ClF2NO2Si/c1-5-29(6-2,7-3)28-21(22-19(23)9-8-10-20(22)27-4)15-26-14-16-11-17(24)13-18(25)12-16/h8-13,21,26H,5-7,14-15H2,1-4H3. The molecule has 0 aliphatic heterocycles. The number of methoxy groups -OCH3 is 1. The predicted molar refractivity (Wildman–Crippen MR) is 117 cm³/mol. The lowest BCUT2D eigenvalue weighted by molar-refractivity contribution is 0.181. The van der Waals surface area contributed by atoms with Crippen molar-refractivity contribution in [2.24, 2.45) is 0 Å². The molecule has 0 aliphatic rings. The summed E-state index contributed by atoms with van der Waals surface area (Å²) in [5.74, 6) is -0.499. The molecule has 2 aromatic rings. The first-order chi connectivity index (χ1) is 13.9. The smallest absolute Gasteiger partial charge is 0.192 e. The summed E-state index contributed by atoms with van der Waals surface area (Å²) < 4.78 is 39.2. The minimum Gasteiger partial charge on any atom is -0.496 e. The number of nitrogens with one attached hydrogen (secondary N) is 1. The van der Waals surface area contributed by atoms with Crippen molar-refractivity contribution in [3.8, 4) is 5.75 Å². The highest BCUT2D eigenvalue weighted by Gasteiger charge is 2.34. The first kappa shape index (κ1) is 23.8. The van der Waals surface area contributed by atoms with Gasteiger partial charge in [0.1, 0.15) is 17.4 Å². The Balaban J connectivity index is 2.27. The quantitative estimate of drug-likeness (QED) is 0.405. The maximum Gasteiger partial charge on any atom is 0.192 e. The van der Waals surface area contributed by atoms with Gasteiger partial charge in [0.05, 0.1) is 18.2 Å². The molecule has 2 aromatic carbocycles. The number of benzene rings is 2. The van der Waals surface area contributed by atoms with Gasteiger partial charge in [0.25, 0.3) is 0 Å². The summed E-state index contributed by atoms with van der Waals surface area (Å²) in [6.07, 6.45) is -0.316. The molecule has 0 spiro atoms. The van der Waals surface area contributed by atoms with E-state index in [1.54, 1.807) is 7.11 Å². The number of rotatable bonds is 11. The van der Waals surface area contributed by atoms with Crippen molar-refractivity contribution in [3.05, 3.63) is 64.2 Å². The normalized spacial score (nSPS) is 12.8. The monoisotopic (exact) mass is 441 g/mol. The second-order valence-electron chi connectivity index (χ2n) is 7.11. The maximum atomic E-state index is 13.5. The van der Waals surface area contributed by atoms with Crippen molar-refractivity contribution in [1.29, 1.82) is 0 Å². The Labute approximate surface area is 178 Å². The van der Waals surface area contributed by atoms with Crippen molar-refractivity contribution in [1.82, 2.24) is 5.32 Å². The van der Waals surface area contributed by atoms with E-state index in [2.05, 4.69) is 26.1 Å². The molecule has 7 heteroatoms. The van der Waals surface area contributed by atoms with Crippen LogP contribution < -0.4 is 10.1 Å². The lowest BCUT2D eigenvalue weighted by atomic mass is 10.1. The van der Waals surface area contributed by atoms with Crippen LogP contribution in [0.25, 0.3) is 0 Å². The number of ether oxygens (including phenoxy) is 1. The third kappa shape index (κ3) is 6.25. The van der Waals surface area contributed by atoms with E-state index in [0.717, 1.165) is 29.8 Å². The molecule has 0 aromatic heterocycles. The summed E-state index contributed by atoms with van der Waals surface area (Å²) in [5, 5.41) is 3.86. The zero-order valence-electron chi connectivity index (χ0n) is 17.5. The van der Waals surface area contributed by atoms with Crippen molar-refractivity contribution >= 4 is 19.9 Å². The highest BCUT2D eigenvalue weighted by Crippen LogP contribution is 2.37. The van der Waals surface area contributed by atoms with Gasteiger partial charge in [-0.1, -0.05) is 38.4 Å². The van der Waals surface area contributed by atoms with Crippen LogP contribution in [0.3, 0.4) is 0 Å². The maximum absolute atomic E-state index is 13.5. The van der Waals surface area contributed by atoms with Crippen molar-refractivity contribution in [2.45, 2.75) is 51.6 Å². The van der Waals surface area contributed by atoms with E-state index in [9.17, 15) is 8.78 Å². The van der Waals surface area contributed by atoms with Gasteiger partial charge in [0.15, 0.2) is 8.32 Å². The number of hydrogen-bond acceptors (Lipinski definition) is 3. The van der Waals surface area contributed by atoms with Gasteiger partial charge in [-0.15, -0.1) is 0 Å². The second-order valence-corrected chi connectivity index (χ2v) is 12.2. The van der Waals surface area contributed by atoms with Gasteiger partial charge in [-0.25, -0.2) is 8.78 Å². The molecule has 160 valence electrons. The van der Waals surface area contributed by atoms with Crippen LogP contribution in [0.5, 0.6) is 5.75 Å². The average molecular weight is 442 g/mol. The van der Waals surface area contributed by atoms with Crippen LogP contribution in [0.1, 0.15) is 38.0 Å². The van der Waals surface area contributed by atoms with Gasteiger partial charge in [0, 0.05) is 24.7 Å². The van der Waals surface area contributed by atoms with Crippen LogP contribution in [0.4, 0.5) is 8.78 Å². The molecule has 0 heterocycles. The molecule has 0 saturated heterocycles. The van der Waals surface area contributed by atoms with E-state index < -0.39 is 20.0 Å². The highest BCUT2D eigenvalue weighted by atomic mass is 35.5. The molecule has 1 atom stereocenters. The molecule has 29 heavy (non-hydrogen) atoms. The van der Waals surface area contributed by atoms with Crippen LogP contribution in [0, 0.1) is 11.6 Å². The fourth-order valence-electron chi connectivity index (χ4n) is 3.57. The molecular formula is C22H30ClF2NO2Si. The van der Waals surface area contributed by atoms with E-state index in [4.69, 9.17) is 20.8 Å². The van der Waals surface area contributed by atoms with Gasteiger partial charge < -0.3 is 14.5 Å². The molecular weight excluding hydrogens is 412 g/mol. The van der Waals surface area contributed by atoms with Crippen molar-refractivity contribution < 1.29 is 17.9 Å². The second kappa shape index (κ2) is 11.1. The Morgan fingerprint density at radius 3 is 2.21 bits per heavy atom. The first-order valence-corrected chi connectivity index (χ1v) is 12.9. The van der Waals surface area contributed by atoms with Gasteiger partial charge in [-0.05, 0) is 48.0 Å². The Morgan fingerprint density at radius 1 is 1.03 bits per heavy atom. The summed E-state index contributed by atoms with van der Waals surface area (Å²) in [6.45, 7) is 7.28. The van der Waals surface area contributed by atoms with Gasteiger partial charge in [-0.3, -0.25) is 0 Å². The zero-order valence-corrected chi connectivity index (χ0v) is 19.3. The SMILES string of the molecule is CC[Si](CC)(CC)OC(CNCc1cc(F)cc(F)c1)c1c(Cl)cccc1OC. The summed E-state index contributed by atoms with van der Waals surface area (Å²) in [6, 6.07) is 12.0. The van der Waals surface area contributed by atoms with E-state index in [0.29, 0.717) is 29.4 Å². The fraction of sp³-hybridized carbons (Fsp3) is 0.455. The predicted octanol–water partition coefficient (Wildman–Crippen LogP) is 6.48. The minimum atomic E-state index is -1.94. The molecule has 0 bridgehead atoms. The molecule has 1 N–H and O–H groups in total. The minimum absolute atomic E-state index is 0.316. The lowest BCUT2D eigenvalue weighted by Crippen LogP contribution is -2.40. The van der Waals surface area contributed by atoms with Crippen LogP contribution in [0.2, 0.25) is 23.2 Å². The Kier molecular flexibility index (Phi) is 9.08. The van der Waals surface area contributed by atoms with E-state index in [1.165, 1.54) is 12.1 Å². The zero-order chi connectivity index (χ0) is 21.4. The Hall–Kier alpha value is -1.47. The summed E-state index contributed by atoms with van der Waals surface area (Å²) >= 11 is 6.53.